The van der Waals surface area contributed by atoms with E-state index in [1.165, 1.54) is 0 Å². The van der Waals surface area contributed by atoms with Crippen molar-refractivity contribution in [3.8, 4) is 5.75 Å². The number of imidazole rings is 1. The summed E-state index contributed by atoms with van der Waals surface area (Å²) in [4.78, 5) is 4.83. The summed E-state index contributed by atoms with van der Waals surface area (Å²) in [6, 6.07) is 11.7. The maximum atomic E-state index is 5.63. The van der Waals surface area contributed by atoms with Crippen LogP contribution in [0.5, 0.6) is 5.75 Å². The molecule has 0 fully saturated rings. The van der Waals surface area contributed by atoms with Gasteiger partial charge in [0.05, 0.1) is 12.3 Å². The largest absolute Gasteiger partial charge is 0.492 e. The average molecular weight is 336 g/mol. The number of aryl methyl sites for hydroxylation is 1. The lowest BCUT2D eigenvalue weighted by Crippen LogP contribution is -2.11. The molecule has 2 aromatic heterocycles. The second-order valence-electron chi connectivity index (χ2n) is 7.02. The van der Waals surface area contributed by atoms with E-state index in [-0.39, 0.29) is 5.41 Å². The fourth-order valence-electron chi connectivity index (χ4n) is 2.71. The zero-order valence-corrected chi connectivity index (χ0v) is 15.4. The first kappa shape index (κ1) is 17.1. The van der Waals surface area contributed by atoms with E-state index in [2.05, 4.69) is 44.0 Å². The number of benzene rings is 1. The molecule has 5 nitrogen and oxygen atoms in total. The Kier molecular flexibility index (Phi) is 4.57. The molecule has 25 heavy (non-hydrogen) atoms. The van der Waals surface area contributed by atoms with Gasteiger partial charge in [0.2, 0.25) is 0 Å². The molecule has 3 aromatic rings. The summed E-state index contributed by atoms with van der Waals surface area (Å²) in [6.45, 7) is 11.0. The molecule has 0 unspecified atom stereocenters. The second kappa shape index (κ2) is 6.67. The van der Waals surface area contributed by atoms with Gasteiger partial charge in [-0.1, -0.05) is 39.0 Å². The van der Waals surface area contributed by atoms with Crippen LogP contribution >= 0.6 is 0 Å². The quantitative estimate of drug-likeness (QED) is 0.569. The van der Waals surface area contributed by atoms with Gasteiger partial charge in [-0.15, -0.1) is 10.2 Å². The first-order valence-corrected chi connectivity index (χ1v) is 8.53. The number of rotatable bonds is 4. The number of hydrogen-bond donors (Lipinski definition) is 0. The smallest absolute Gasteiger partial charge is 0.183 e. The maximum Gasteiger partial charge on any atom is 0.183 e. The van der Waals surface area contributed by atoms with E-state index in [0.29, 0.717) is 12.3 Å². The zero-order chi connectivity index (χ0) is 18.0. The molecule has 1 aromatic carbocycles. The highest BCUT2D eigenvalue weighted by atomic mass is 16.5. The third-order valence-electron chi connectivity index (χ3n) is 3.95. The average Bonchev–Trinajstić information content (AvgIpc) is 2.95. The van der Waals surface area contributed by atoms with Crippen molar-refractivity contribution in [3.63, 3.8) is 0 Å². The van der Waals surface area contributed by atoms with Crippen LogP contribution in [0.4, 0.5) is 11.5 Å². The molecule has 2 heterocycles. The van der Waals surface area contributed by atoms with Crippen LogP contribution in [0.1, 0.15) is 39.0 Å². The molecule has 0 amide bonds. The summed E-state index contributed by atoms with van der Waals surface area (Å²) < 4.78 is 7.64. The lowest BCUT2D eigenvalue weighted by atomic mass is 9.92. The van der Waals surface area contributed by atoms with Crippen molar-refractivity contribution in [1.29, 1.82) is 0 Å². The topological polar surface area (TPSA) is 51.2 Å². The van der Waals surface area contributed by atoms with Gasteiger partial charge in [0.15, 0.2) is 5.82 Å². The van der Waals surface area contributed by atoms with Crippen LogP contribution in [-0.2, 0) is 5.41 Å². The lowest BCUT2D eigenvalue weighted by molar-refractivity contribution is 0.341. The van der Waals surface area contributed by atoms with Crippen LogP contribution in [0, 0.1) is 6.92 Å². The molecule has 5 heteroatoms. The van der Waals surface area contributed by atoms with Crippen LogP contribution < -0.4 is 4.74 Å². The molecule has 0 saturated carbocycles. The first-order valence-electron chi connectivity index (χ1n) is 8.53. The molecular weight excluding hydrogens is 312 g/mol. The molecule has 0 atom stereocenters. The van der Waals surface area contributed by atoms with Crippen molar-refractivity contribution in [2.45, 2.75) is 40.0 Å². The molecule has 0 aliphatic rings. The van der Waals surface area contributed by atoms with Gasteiger partial charge in [0.25, 0.3) is 0 Å². The van der Waals surface area contributed by atoms with E-state index in [4.69, 9.17) is 9.72 Å². The number of ether oxygens (including phenoxy) is 1. The maximum absolute atomic E-state index is 5.63. The summed E-state index contributed by atoms with van der Waals surface area (Å²) >= 11 is 0. The number of pyridine rings is 1. The normalized spacial score (nSPS) is 12.2. The number of fused-ring (bicyclic) bond motifs is 1. The van der Waals surface area contributed by atoms with E-state index in [1.807, 2.05) is 47.9 Å². The first-order chi connectivity index (χ1) is 11.9. The standard InChI is InChI=1S/C20H24N4O/c1-6-25-16-12-8-7-11-15(16)22-23-19-17(20(3,4)5)21-18-14(2)10-9-13-24(18)19/h7-13H,6H2,1-5H3. The van der Waals surface area contributed by atoms with Gasteiger partial charge in [0.1, 0.15) is 17.1 Å². The van der Waals surface area contributed by atoms with Crippen molar-refractivity contribution in [2.24, 2.45) is 10.2 Å². The van der Waals surface area contributed by atoms with Crippen molar-refractivity contribution < 1.29 is 4.74 Å². The Morgan fingerprint density at radius 1 is 1.08 bits per heavy atom. The number of nitrogens with zero attached hydrogens (tertiary/aromatic N) is 4. The number of aromatic nitrogens is 2. The minimum absolute atomic E-state index is 0.133. The van der Waals surface area contributed by atoms with Gasteiger partial charge in [-0.2, -0.15) is 0 Å². The molecule has 130 valence electrons. The van der Waals surface area contributed by atoms with Gasteiger partial charge < -0.3 is 4.74 Å². The predicted molar refractivity (Wildman–Crippen MR) is 100 cm³/mol. The van der Waals surface area contributed by atoms with E-state index >= 15 is 0 Å². The highest BCUT2D eigenvalue weighted by Crippen LogP contribution is 2.35. The zero-order valence-electron chi connectivity index (χ0n) is 15.4. The van der Waals surface area contributed by atoms with Gasteiger partial charge >= 0.3 is 0 Å². The van der Waals surface area contributed by atoms with Crippen molar-refractivity contribution in [3.05, 3.63) is 53.9 Å². The Labute approximate surface area is 148 Å². The number of azo groups is 1. The molecule has 0 aliphatic carbocycles. The highest BCUT2D eigenvalue weighted by molar-refractivity contribution is 5.58. The third kappa shape index (κ3) is 3.40. The molecule has 0 saturated heterocycles. The molecule has 0 spiro atoms. The van der Waals surface area contributed by atoms with Crippen LogP contribution in [-0.4, -0.2) is 16.0 Å². The van der Waals surface area contributed by atoms with Gasteiger partial charge in [-0.3, -0.25) is 4.40 Å². The summed E-state index contributed by atoms with van der Waals surface area (Å²) in [6.07, 6.45) is 1.98. The van der Waals surface area contributed by atoms with Crippen LogP contribution in [0.25, 0.3) is 5.65 Å². The second-order valence-corrected chi connectivity index (χ2v) is 7.02. The molecule has 0 N–H and O–H groups in total. The van der Waals surface area contributed by atoms with Gasteiger partial charge in [-0.05, 0) is 37.6 Å². The molecule has 0 bridgehead atoms. The van der Waals surface area contributed by atoms with E-state index in [0.717, 1.165) is 28.5 Å². The SMILES string of the molecule is CCOc1ccccc1N=Nc1c(C(C)(C)C)nc2c(C)cccn12. The van der Waals surface area contributed by atoms with E-state index in [9.17, 15) is 0 Å². The van der Waals surface area contributed by atoms with Crippen LogP contribution in [0.15, 0.2) is 52.8 Å². The Balaban J connectivity index is 2.14. The van der Waals surface area contributed by atoms with Crippen molar-refractivity contribution in [2.75, 3.05) is 6.61 Å². The van der Waals surface area contributed by atoms with Gasteiger partial charge in [-0.25, -0.2) is 4.98 Å². The van der Waals surface area contributed by atoms with Crippen LogP contribution in [0.3, 0.4) is 0 Å². The molecule has 3 rings (SSSR count). The summed E-state index contributed by atoms with van der Waals surface area (Å²) in [5.74, 6) is 1.49. The molecule has 0 aliphatic heterocycles. The predicted octanol–water partition coefficient (Wildman–Crippen LogP) is 5.75. The van der Waals surface area contributed by atoms with Crippen molar-refractivity contribution in [1.82, 2.24) is 9.38 Å². The summed E-state index contributed by atoms with van der Waals surface area (Å²) in [5.41, 5.74) is 3.54. The molecule has 0 radical (unpaired) electrons. The summed E-state index contributed by atoms with van der Waals surface area (Å²) in [5, 5.41) is 9.02. The van der Waals surface area contributed by atoms with Gasteiger partial charge in [0, 0.05) is 11.6 Å². The number of para-hydroxylation sites is 1. The summed E-state index contributed by atoms with van der Waals surface area (Å²) in [7, 11) is 0. The lowest BCUT2D eigenvalue weighted by Gasteiger charge is -2.15. The monoisotopic (exact) mass is 336 g/mol. The third-order valence-corrected chi connectivity index (χ3v) is 3.95. The Morgan fingerprint density at radius 2 is 1.84 bits per heavy atom. The Morgan fingerprint density at radius 3 is 2.56 bits per heavy atom. The Bertz CT molecular complexity index is 919. The fourth-order valence-corrected chi connectivity index (χ4v) is 2.71. The van der Waals surface area contributed by atoms with E-state index in [1.54, 1.807) is 0 Å². The Hall–Kier alpha value is -2.69. The van der Waals surface area contributed by atoms with Crippen LogP contribution in [0.2, 0.25) is 0 Å². The van der Waals surface area contributed by atoms with E-state index < -0.39 is 0 Å². The molecular formula is C20H24N4O. The minimum Gasteiger partial charge on any atom is -0.492 e. The highest BCUT2D eigenvalue weighted by Gasteiger charge is 2.24. The minimum atomic E-state index is -0.133. The van der Waals surface area contributed by atoms with Crippen molar-refractivity contribution >= 4 is 17.2 Å². The number of hydrogen-bond acceptors (Lipinski definition) is 4. The fraction of sp³-hybridized carbons (Fsp3) is 0.350.